The lowest BCUT2D eigenvalue weighted by atomic mass is 9.93. The van der Waals surface area contributed by atoms with E-state index in [-0.39, 0.29) is 36.3 Å². The second-order valence-electron chi connectivity index (χ2n) is 10.9. The molecule has 0 spiro atoms. The van der Waals surface area contributed by atoms with Gasteiger partial charge < -0.3 is 29.5 Å². The standard InChI is InChI=1S/C35H38N4O6/c1-5-36-34(40)27-18-30(44-38-27)31-32(35(41)37-6-2)39-45-33(31)26-17-25(22(3)4)28(42-20-23-13-9-7-10-14-23)19-29(26)43-21-24-15-11-8-12-16-24/h7-17,19,22,30H,5-6,18,20-21H2,1-4H3,(H,36,40)(H,37,41). The highest BCUT2D eigenvalue weighted by Gasteiger charge is 2.37. The topological polar surface area (TPSA) is 124 Å². The first-order valence-corrected chi connectivity index (χ1v) is 15.2. The van der Waals surface area contributed by atoms with Gasteiger partial charge in [-0.15, -0.1) is 0 Å². The van der Waals surface area contributed by atoms with Crippen LogP contribution in [0.5, 0.6) is 11.5 Å². The van der Waals surface area contributed by atoms with Gasteiger partial charge in [0.05, 0.1) is 11.1 Å². The van der Waals surface area contributed by atoms with E-state index in [0.29, 0.717) is 48.1 Å². The fourth-order valence-corrected chi connectivity index (χ4v) is 5.05. The minimum atomic E-state index is -0.778. The summed E-state index contributed by atoms with van der Waals surface area (Å²) in [5, 5.41) is 13.8. The van der Waals surface area contributed by atoms with E-state index in [4.69, 9.17) is 18.8 Å². The summed E-state index contributed by atoms with van der Waals surface area (Å²) in [5.74, 6) is 0.775. The summed E-state index contributed by atoms with van der Waals surface area (Å²) >= 11 is 0. The van der Waals surface area contributed by atoms with E-state index >= 15 is 0 Å². The number of nitrogens with zero attached hydrogens (tertiary/aromatic N) is 2. The summed E-state index contributed by atoms with van der Waals surface area (Å²) in [4.78, 5) is 31.5. The minimum absolute atomic E-state index is 0.0636. The van der Waals surface area contributed by atoms with Crippen molar-refractivity contribution < 1.29 is 28.4 Å². The number of nitrogens with one attached hydrogen (secondary N) is 2. The van der Waals surface area contributed by atoms with Crippen LogP contribution in [0.3, 0.4) is 0 Å². The van der Waals surface area contributed by atoms with Crippen LogP contribution in [0.25, 0.3) is 11.3 Å². The van der Waals surface area contributed by atoms with Gasteiger partial charge in [0.15, 0.2) is 17.6 Å². The van der Waals surface area contributed by atoms with Crippen molar-refractivity contribution in [3.8, 4) is 22.8 Å². The minimum Gasteiger partial charge on any atom is -0.488 e. The Morgan fingerprint density at radius 1 is 0.867 bits per heavy atom. The van der Waals surface area contributed by atoms with Crippen LogP contribution in [-0.2, 0) is 22.8 Å². The highest BCUT2D eigenvalue weighted by atomic mass is 16.6. The van der Waals surface area contributed by atoms with Gasteiger partial charge >= 0.3 is 0 Å². The van der Waals surface area contributed by atoms with E-state index in [2.05, 4.69) is 34.8 Å². The number of benzene rings is 3. The third kappa shape index (κ3) is 7.34. The Kier molecular flexibility index (Phi) is 10.1. The Labute approximate surface area is 262 Å². The van der Waals surface area contributed by atoms with Crippen LogP contribution in [0, 0.1) is 0 Å². The summed E-state index contributed by atoms with van der Waals surface area (Å²) in [7, 11) is 0. The van der Waals surface area contributed by atoms with E-state index in [1.807, 2.05) is 86.6 Å². The molecule has 1 unspecified atom stereocenters. The maximum atomic E-state index is 13.2. The zero-order chi connectivity index (χ0) is 31.8. The molecule has 2 N–H and O–H groups in total. The van der Waals surface area contributed by atoms with Crippen LogP contribution in [-0.4, -0.2) is 35.8 Å². The van der Waals surface area contributed by atoms with E-state index in [0.717, 1.165) is 16.7 Å². The number of aromatic nitrogens is 1. The van der Waals surface area contributed by atoms with Crippen LogP contribution in [0.4, 0.5) is 0 Å². The molecular weight excluding hydrogens is 572 g/mol. The Hall–Kier alpha value is -5.12. The van der Waals surface area contributed by atoms with Crippen molar-refractivity contribution in [3.05, 3.63) is 101 Å². The first kappa shape index (κ1) is 31.3. The molecule has 0 radical (unpaired) electrons. The van der Waals surface area contributed by atoms with E-state index < -0.39 is 12.0 Å². The summed E-state index contributed by atoms with van der Waals surface area (Å²) in [5.41, 5.74) is 4.19. The molecule has 10 heteroatoms. The molecule has 10 nitrogen and oxygen atoms in total. The van der Waals surface area contributed by atoms with Crippen LogP contribution in [0.1, 0.15) is 78.9 Å². The molecule has 4 aromatic rings. The second-order valence-corrected chi connectivity index (χ2v) is 10.9. The number of hydrogen-bond donors (Lipinski definition) is 2. The van der Waals surface area contributed by atoms with E-state index in [1.165, 1.54) is 0 Å². The largest absolute Gasteiger partial charge is 0.488 e. The monoisotopic (exact) mass is 610 g/mol. The Morgan fingerprint density at radius 2 is 1.47 bits per heavy atom. The van der Waals surface area contributed by atoms with Crippen molar-refractivity contribution in [3.63, 3.8) is 0 Å². The van der Waals surface area contributed by atoms with Gasteiger partial charge in [0, 0.05) is 25.6 Å². The van der Waals surface area contributed by atoms with Gasteiger partial charge in [-0.3, -0.25) is 9.59 Å². The molecule has 0 bridgehead atoms. The van der Waals surface area contributed by atoms with E-state index in [9.17, 15) is 9.59 Å². The molecule has 0 fully saturated rings. The SMILES string of the molecule is CCNC(=O)C1=NOC(c2c(C(=O)NCC)noc2-c2cc(C(C)C)c(OCc3ccccc3)cc2OCc2ccccc2)C1. The predicted octanol–water partition coefficient (Wildman–Crippen LogP) is 6.33. The number of ether oxygens (including phenoxy) is 2. The number of carbonyl (C=O) groups is 2. The van der Waals surface area contributed by atoms with Crippen molar-refractivity contribution in [2.45, 2.75) is 59.4 Å². The first-order chi connectivity index (χ1) is 21.9. The summed E-state index contributed by atoms with van der Waals surface area (Å²) in [6.07, 6.45) is -0.637. The molecule has 2 heterocycles. The number of oxime groups is 1. The van der Waals surface area contributed by atoms with Crippen molar-refractivity contribution in [2.75, 3.05) is 13.1 Å². The van der Waals surface area contributed by atoms with Crippen molar-refractivity contribution >= 4 is 17.5 Å². The second kappa shape index (κ2) is 14.6. The van der Waals surface area contributed by atoms with Gasteiger partial charge in [0.2, 0.25) is 0 Å². The molecule has 3 aromatic carbocycles. The number of hydrogen-bond acceptors (Lipinski definition) is 8. The summed E-state index contributed by atoms with van der Waals surface area (Å²) in [6, 6.07) is 23.6. The van der Waals surface area contributed by atoms with Crippen LogP contribution in [0.15, 0.2) is 82.5 Å². The molecule has 45 heavy (non-hydrogen) atoms. The maximum Gasteiger partial charge on any atom is 0.273 e. The number of rotatable bonds is 13. The highest BCUT2D eigenvalue weighted by Crippen LogP contribution is 2.45. The Bertz CT molecular complexity index is 1650. The Balaban J connectivity index is 1.60. The molecule has 5 rings (SSSR count). The van der Waals surface area contributed by atoms with Crippen LogP contribution >= 0.6 is 0 Å². The fourth-order valence-electron chi connectivity index (χ4n) is 5.05. The van der Waals surface area contributed by atoms with Crippen LogP contribution < -0.4 is 20.1 Å². The number of amides is 2. The molecule has 0 saturated carbocycles. The molecule has 2 amide bonds. The molecule has 234 valence electrons. The predicted molar refractivity (Wildman–Crippen MR) is 170 cm³/mol. The smallest absolute Gasteiger partial charge is 0.273 e. The Morgan fingerprint density at radius 3 is 2.07 bits per heavy atom. The van der Waals surface area contributed by atoms with Gasteiger partial charge in [-0.1, -0.05) is 84.8 Å². The molecule has 1 aliphatic rings. The molecule has 1 aliphatic heterocycles. The average molecular weight is 611 g/mol. The van der Waals surface area contributed by atoms with Crippen LogP contribution in [0.2, 0.25) is 0 Å². The molecule has 0 saturated heterocycles. The van der Waals surface area contributed by atoms with Gasteiger partial charge in [-0.25, -0.2) is 0 Å². The zero-order valence-corrected chi connectivity index (χ0v) is 26.0. The summed E-state index contributed by atoms with van der Waals surface area (Å²) < 4.78 is 18.7. The van der Waals surface area contributed by atoms with Gasteiger partial charge in [0.1, 0.15) is 30.4 Å². The first-order valence-electron chi connectivity index (χ1n) is 15.2. The lowest BCUT2D eigenvalue weighted by Crippen LogP contribution is -2.30. The van der Waals surface area contributed by atoms with Crippen molar-refractivity contribution in [1.29, 1.82) is 0 Å². The quantitative estimate of drug-likeness (QED) is 0.181. The molecule has 1 aromatic heterocycles. The summed E-state index contributed by atoms with van der Waals surface area (Å²) in [6.45, 7) is 9.30. The normalized spacial score (nSPS) is 14.1. The highest BCUT2D eigenvalue weighted by molar-refractivity contribution is 6.39. The van der Waals surface area contributed by atoms with E-state index in [1.54, 1.807) is 0 Å². The average Bonchev–Trinajstić information content (AvgIpc) is 3.72. The fraction of sp³-hybridized carbons (Fsp3) is 0.314. The van der Waals surface area contributed by atoms with Gasteiger partial charge in [-0.2, -0.15) is 0 Å². The third-order valence-electron chi connectivity index (χ3n) is 7.32. The molecule has 0 aliphatic carbocycles. The third-order valence-corrected chi connectivity index (χ3v) is 7.32. The lowest BCUT2D eigenvalue weighted by Gasteiger charge is -2.20. The molecule has 1 atom stereocenters. The van der Waals surface area contributed by atoms with Gasteiger partial charge in [-0.05, 0) is 42.5 Å². The molecular formula is C35H38N4O6. The lowest BCUT2D eigenvalue weighted by molar-refractivity contribution is -0.114. The van der Waals surface area contributed by atoms with Gasteiger partial charge in [0.25, 0.3) is 11.8 Å². The maximum absolute atomic E-state index is 13.2. The van der Waals surface area contributed by atoms with Crippen molar-refractivity contribution in [2.24, 2.45) is 5.16 Å². The van der Waals surface area contributed by atoms with Crippen molar-refractivity contribution in [1.82, 2.24) is 15.8 Å². The zero-order valence-electron chi connectivity index (χ0n) is 26.0. The number of carbonyl (C=O) groups excluding carboxylic acids is 2.